The predicted octanol–water partition coefficient (Wildman–Crippen LogP) is -2.62. The van der Waals surface area contributed by atoms with Gasteiger partial charge in [-0.2, -0.15) is 0 Å². The van der Waals surface area contributed by atoms with E-state index in [-0.39, 0.29) is 40.1 Å². The number of quaternary nitrogens is 1. The summed E-state index contributed by atoms with van der Waals surface area (Å²) in [6, 6.07) is 0. The highest BCUT2D eigenvalue weighted by molar-refractivity contribution is 8.93. The quantitative estimate of drug-likeness (QED) is 0.292. The van der Waals surface area contributed by atoms with Gasteiger partial charge in [-0.15, -0.1) is 17.0 Å². The van der Waals surface area contributed by atoms with E-state index < -0.39 is 0 Å². The summed E-state index contributed by atoms with van der Waals surface area (Å²) in [5.41, 5.74) is 5.47. The van der Waals surface area contributed by atoms with Gasteiger partial charge in [-0.1, -0.05) is 0 Å². The van der Waals surface area contributed by atoms with Gasteiger partial charge < -0.3 is 28.9 Å². The van der Waals surface area contributed by atoms with E-state index in [0.29, 0.717) is 10.4 Å². The van der Waals surface area contributed by atoms with Crippen LogP contribution in [0, 0.1) is 0 Å². The Bertz CT molecular complexity index is 108. The zero-order valence-electron chi connectivity index (χ0n) is 7.47. The molecule has 0 radical (unpaired) electrons. The molecule has 0 unspecified atom stereocenters. The number of hydrogen-bond acceptors (Lipinski definition) is 2. The van der Waals surface area contributed by atoms with E-state index in [1.54, 1.807) is 7.05 Å². The molecular weight excluding hydrogens is 276 g/mol. The second-order valence-electron chi connectivity index (χ2n) is 2.59. The lowest BCUT2D eigenvalue weighted by atomic mass is 10.7. The van der Waals surface area contributed by atoms with Crippen molar-refractivity contribution in [3.05, 3.63) is 0 Å². The highest BCUT2D eigenvalue weighted by Crippen LogP contribution is 1.86. The Morgan fingerprint density at radius 3 is 1.55 bits per heavy atom. The van der Waals surface area contributed by atoms with Crippen molar-refractivity contribution in [3.8, 4) is 0 Å². The Morgan fingerprint density at radius 2 is 1.55 bits per heavy atom. The first-order valence-corrected chi connectivity index (χ1v) is 2.52. The number of aliphatic imine (C=N–C) groups is 1. The lowest BCUT2D eigenvalue weighted by Gasteiger charge is -2.20. The normalized spacial score (nSPS) is 10.4. The first-order chi connectivity index (χ1) is 3.48. The molecule has 0 saturated heterocycles. The number of guanidine groups is 1. The summed E-state index contributed by atoms with van der Waals surface area (Å²) in [5, 5.41) is 0. The van der Waals surface area contributed by atoms with Crippen LogP contribution in [0.3, 0.4) is 0 Å². The number of nitrogens with zero attached hydrogens (tertiary/aromatic N) is 2. The summed E-state index contributed by atoms with van der Waals surface area (Å²) in [4.78, 5) is 3.83. The van der Waals surface area contributed by atoms with E-state index >= 15 is 0 Å². The van der Waals surface area contributed by atoms with Crippen LogP contribution in [0.15, 0.2) is 4.99 Å². The van der Waals surface area contributed by atoms with Gasteiger partial charge in [0.2, 0.25) is 0 Å². The first kappa shape index (κ1) is 22.5. The van der Waals surface area contributed by atoms with Crippen LogP contribution in [0.1, 0.15) is 0 Å². The molecule has 0 atom stereocenters. The van der Waals surface area contributed by atoms with Gasteiger partial charge in [0.05, 0.1) is 21.1 Å². The fourth-order valence-corrected chi connectivity index (χ4v) is 0.300. The molecule has 0 fully saturated rings. The van der Waals surface area contributed by atoms with Crippen molar-refractivity contribution in [2.75, 3.05) is 28.2 Å². The third kappa shape index (κ3) is 10.4. The standard InChI is InChI=1S/C5H14N3.2BrH.H3N/c1-7-5(6)8(2,3)4;;;/h1-4H3,(H2,6,7);2*1H;1H3/q+1;;;/p-1. The second kappa shape index (κ2) is 8.45. The molecule has 0 aliphatic heterocycles. The minimum Gasteiger partial charge on any atom is -1.00 e. The van der Waals surface area contributed by atoms with Crippen LogP contribution in [0.4, 0.5) is 0 Å². The van der Waals surface area contributed by atoms with Gasteiger partial charge in [0, 0.05) is 7.05 Å². The summed E-state index contributed by atoms with van der Waals surface area (Å²) in [6.07, 6.45) is 0. The summed E-state index contributed by atoms with van der Waals surface area (Å²) < 4.78 is 0.608. The Balaban J connectivity index is -0.0000000817. The van der Waals surface area contributed by atoms with Crippen molar-refractivity contribution in [3.63, 3.8) is 0 Å². The number of halogens is 2. The highest BCUT2D eigenvalue weighted by Gasteiger charge is 2.10. The fourth-order valence-electron chi connectivity index (χ4n) is 0.300. The van der Waals surface area contributed by atoms with Gasteiger partial charge in [0.15, 0.2) is 0 Å². The zero-order chi connectivity index (χ0) is 6.78. The zero-order valence-corrected chi connectivity index (χ0v) is 10.8. The van der Waals surface area contributed by atoms with Gasteiger partial charge in [0.25, 0.3) is 5.96 Å². The van der Waals surface area contributed by atoms with Crippen molar-refractivity contribution < 1.29 is 21.5 Å². The van der Waals surface area contributed by atoms with Crippen LogP contribution >= 0.6 is 17.0 Å². The average Bonchev–Trinajstić information content (AvgIpc) is 1.62. The molecule has 0 rings (SSSR count). The average molecular weight is 294 g/mol. The van der Waals surface area contributed by atoms with E-state index in [1.165, 1.54) is 0 Å². The van der Waals surface area contributed by atoms with Crippen molar-refractivity contribution >= 4 is 22.9 Å². The molecule has 72 valence electrons. The summed E-state index contributed by atoms with van der Waals surface area (Å²) in [6.45, 7) is 0. The highest BCUT2D eigenvalue weighted by atomic mass is 79.9. The number of rotatable bonds is 0. The third-order valence-corrected chi connectivity index (χ3v) is 0.916. The molecular formula is C5H18Br2N4. The Labute approximate surface area is 89.6 Å². The van der Waals surface area contributed by atoms with Crippen molar-refractivity contribution in [2.24, 2.45) is 10.7 Å². The SMILES string of the molecule is Br.CN=C(N)[N+](C)(C)C.N.[Br-]. The summed E-state index contributed by atoms with van der Waals surface area (Å²) in [7, 11) is 7.62. The molecule has 0 saturated carbocycles. The maximum Gasteiger partial charge on any atom is 0.294 e. The largest absolute Gasteiger partial charge is 1.00 e. The molecule has 0 aromatic rings. The Kier molecular flexibility index (Phi) is 17.3. The van der Waals surface area contributed by atoms with Gasteiger partial charge in [-0.05, 0) is 0 Å². The van der Waals surface area contributed by atoms with Gasteiger partial charge in [0.1, 0.15) is 0 Å². The molecule has 0 bridgehead atoms. The molecule has 4 nitrogen and oxygen atoms in total. The summed E-state index contributed by atoms with van der Waals surface area (Å²) in [5.74, 6) is 0.644. The monoisotopic (exact) mass is 292 g/mol. The molecule has 0 amide bonds. The third-order valence-electron chi connectivity index (χ3n) is 0.916. The van der Waals surface area contributed by atoms with E-state index in [4.69, 9.17) is 5.73 Å². The minimum atomic E-state index is 0. The van der Waals surface area contributed by atoms with Crippen LogP contribution in [0.2, 0.25) is 0 Å². The molecule has 5 N–H and O–H groups in total. The molecule has 0 aromatic heterocycles. The number of nitrogens with two attached hydrogens (primary N) is 1. The maximum absolute atomic E-state index is 5.47. The Morgan fingerprint density at radius 1 is 1.27 bits per heavy atom. The lowest BCUT2D eigenvalue weighted by Crippen LogP contribution is -3.00. The van der Waals surface area contributed by atoms with E-state index in [1.807, 2.05) is 21.1 Å². The molecule has 6 heteroatoms. The maximum atomic E-state index is 5.47. The van der Waals surface area contributed by atoms with Gasteiger partial charge >= 0.3 is 0 Å². The molecule has 0 aliphatic carbocycles. The van der Waals surface area contributed by atoms with Crippen LogP contribution in [-0.4, -0.2) is 38.6 Å². The molecule has 0 aliphatic rings. The predicted molar refractivity (Wildman–Crippen MR) is 50.9 cm³/mol. The molecule has 0 heterocycles. The van der Waals surface area contributed by atoms with Crippen molar-refractivity contribution in [2.45, 2.75) is 0 Å². The fraction of sp³-hybridized carbons (Fsp3) is 0.800. The van der Waals surface area contributed by atoms with Crippen molar-refractivity contribution in [1.82, 2.24) is 6.15 Å². The van der Waals surface area contributed by atoms with Crippen LogP contribution in [0.5, 0.6) is 0 Å². The lowest BCUT2D eigenvalue weighted by molar-refractivity contribution is -0.778. The van der Waals surface area contributed by atoms with Crippen LogP contribution in [0.25, 0.3) is 0 Å². The second-order valence-corrected chi connectivity index (χ2v) is 2.59. The summed E-state index contributed by atoms with van der Waals surface area (Å²) >= 11 is 0. The molecule has 11 heavy (non-hydrogen) atoms. The van der Waals surface area contributed by atoms with E-state index in [2.05, 4.69) is 4.99 Å². The van der Waals surface area contributed by atoms with E-state index in [0.717, 1.165) is 0 Å². The topological polar surface area (TPSA) is 73.4 Å². The van der Waals surface area contributed by atoms with Crippen molar-refractivity contribution in [1.29, 1.82) is 0 Å². The van der Waals surface area contributed by atoms with Crippen LogP contribution in [-0.2, 0) is 0 Å². The van der Waals surface area contributed by atoms with Gasteiger partial charge in [-0.3, -0.25) is 4.48 Å². The van der Waals surface area contributed by atoms with E-state index in [9.17, 15) is 0 Å². The molecule has 0 spiro atoms. The van der Waals surface area contributed by atoms with Gasteiger partial charge in [-0.25, -0.2) is 4.99 Å². The number of hydrogen-bond donors (Lipinski definition) is 2. The van der Waals surface area contributed by atoms with Crippen LogP contribution < -0.4 is 28.9 Å². The smallest absolute Gasteiger partial charge is 0.294 e. The Hall–Kier alpha value is 0.350. The molecule has 0 aromatic carbocycles. The minimum absolute atomic E-state index is 0. The first-order valence-electron chi connectivity index (χ1n) is 2.52.